The molecular formula is C11H9ClN2O7. The van der Waals surface area contributed by atoms with Crippen molar-refractivity contribution >= 4 is 35.1 Å². The van der Waals surface area contributed by atoms with Crippen LogP contribution in [0.25, 0.3) is 0 Å². The van der Waals surface area contributed by atoms with Crippen LogP contribution in [0.3, 0.4) is 0 Å². The van der Waals surface area contributed by atoms with Crippen molar-refractivity contribution in [3.8, 4) is 0 Å². The van der Waals surface area contributed by atoms with Gasteiger partial charge in [-0.15, -0.1) is 0 Å². The molecule has 1 aromatic carbocycles. The monoisotopic (exact) mass is 316 g/mol. The first-order chi connectivity index (χ1) is 9.72. The van der Waals surface area contributed by atoms with Gasteiger partial charge in [-0.1, -0.05) is 11.6 Å². The van der Waals surface area contributed by atoms with E-state index < -0.39 is 40.9 Å². The van der Waals surface area contributed by atoms with Gasteiger partial charge in [0.15, 0.2) is 0 Å². The van der Waals surface area contributed by atoms with Crippen LogP contribution < -0.4 is 5.32 Å². The van der Waals surface area contributed by atoms with Gasteiger partial charge in [-0.05, 0) is 12.1 Å². The summed E-state index contributed by atoms with van der Waals surface area (Å²) in [6.45, 7) is 0. The van der Waals surface area contributed by atoms with Crippen molar-refractivity contribution in [2.24, 2.45) is 0 Å². The van der Waals surface area contributed by atoms with Gasteiger partial charge in [0, 0.05) is 11.6 Å². The number of nitrogens with one attached hydrogen (secondary N) is 1. The maximum absolute atomic E-state index is 11.8. The lowest BCUT2D eigenvalue weighted by Gasteiger charge is -2.12. The van der Waals surface area contributed by atoms with Crippen LogP contribution in [0.1, 0.15) is 16.8 Å². The van der Waals surface area contributed by atoms with Crippen LogP contribution in [0, 0.1) is 10.1 Å². The third kappa shape index (κ3) is 4.42. The Morgan fingerprint density at radius 1 is 1.33 bits per heavy atom. The van der Waals surface area contributed by atoms with Crippen molar-refractivity contribution < 1.29 is 29.5 Å². The molecule has 1 unspecified atom stereocenters. The topological polar surface area (TPSA) is 147 Å². The predicted molar refractivity (Wildman–Crippen MR) is 69.2 cm³/mol. The Hall–Kier alpha value is -2.68. The Labute approximate surface area is 122 Å². The average Bonchev–Trinajstić information content (AvgIpc) is 2.37. The molecule has 0 aliphatic carbocycles. The lowest BCUT2D eigenvalue weighted by molar-refractivity contribution is -0.384. The molecule has 10 heteroatoms. The SMILES string of the molecule is O=C(O)CC(NC(=O)c1ccc(Cl)c([N+](=O)[O-])c1)C(=O)O. The maximum Gasteiger partial charge on any atom is 0.326 e. The summed E-state index contributed by atoms with van der Waals surface area (Å²) in [5.74, 6) is -3.90. The van der Waals surface area contributed by atoms with E-state index in [1.165, 1.54) is 0 Å². The number of nitro benzene ring substituents is 1. The second kappa shape index (κ2) is 6.66. The molecule has 1 amide bonds. The minimum absolute atomic E-state index is 0.183. The Balaban J connectivity index is 2.97. The van der Waals surface area contributed by atoms with Gasteiger partial charge in [0.25, 0.3) is 11.6 Å². The van der Waals surface area contributed by atoms with Crippen molar-refractivity contribution in [2.45, 2.75) is 12.5 Å². The van der Waals surface area contributed by atoms with Crippen LogP contribution in [-0.2, 0) is 9.59 Å². The number of benzene rings is 1. The summed E-state index contributed by atoms with van der Waals surface area (Å²) in [5.41, 5.74) is -0.725. The van der Waals surface area contributed by atoms with Crippen LogP contribution in [0.2, 0.25) is 5.02 Å². The molecule has 1 aromatic rings. The lowest BCUT2D eigenvalue weighted by Crippen LogP contribution is -2.42. The van der Waals surface area contributed by atoms with Gasteiger partial charge in [-0.3, -0.25) is 19.7 Å². The first-order valence-electron chi connectivity index (χ1n) is 5.41. The molecule has 0 fully saturated rings. The molecule has 0 saturated heterocycles. The minimum Gasteiger partial charge on any atom is -0.481 e. The Kier molecular flexibility index (Phi) is 5.19. The van der Waals surface area contributed by atoms with Crippen LogP contribution in [0.4, 0.5) is 5.69 Å². The quantitative estimate of drug-likeness (QED) is 0.521. The molecule has 21 heavy (non-hydrogen) atoms. The Morgan fingerprint density at radius 2 is 1.95 bits per heavy atom. The molecule has 0 aliphatic heterocycles. The van der Waals surface area contributed by atoms with Crippen LogP contribution >= 0.6 is 11.6 Å². The predicted octanol–water partition coefficient (Wildman–Crippen LogP) is 0.906. The standard InChI is InChI=1S/C11H9ClN2O7/c12-6-2-1-5(3-8(6)14(20)21)10(17)13-7(11(18)19)4-9(15)16/h1-3,7H,4H2,(H,13,17)(H,15,16)(H,18,19). The van der Waals surface area contributed by atoms with E-state index in [4.69, 9.17) is 21.8 Å². The second-order valence-corrected chi connectivity index (χ2v) is 4.29. The van der Waals surface area contributed by atoms with Crippen molar-refractivity contribution in [3.05, 3.63) is 38.9 Å². The molecule has 0 spiro atoms. The van der Waals surface area contributed by atoms with Gasteiger partial charge in [0.2, 0.25) is 0 Å². The van der Waals surface area contributed by atoms with E-state index in [9.17, 15) is 24.5 Å². The molecule has 0 aromatic heterocycles. The molecule has 0 aliphatic rings. The summed E-state index contributed by atoms with van der Waals surface area (Å²) < 4.78 is 0. The van der Waals surface area contributed by atoms with Crippen LogP contribution in [-0.4, -0.2) is 39.0 Å². The summed E-state index contributed by atoms with van der Waals surface area (Å²) in [4.78, 5) is 43.0. The highest BCUT2D eigenvalue weighted by Crippen LogP contribution is 2.25. The van der Waals surface area contributed by atoms with Gasteiger partial charge in [-0.25, -0.2) is 4.79 Å². The van der Waals surface area contributed by atoms with Gasteiger partial charge >= 0.3 is 11.9 Å². The number of hydrogen-bond donors (Lipinski definition) is 3. The van der Waals surface area contributed by atoms with Crippen molar-refractivity contribution in [3.63, 3.8) is 0 Å². The number of carbonyl (C=O) groups excluding carboxylic acids is 1. The fourth-order valence-electron chi connectivity index (χ4n) is 1.41. The zero-order valence-electron chi connectivity index (χ0n) is 10.3. The fourth-order valence-corrected chi connectivity index (χ4v) is 1.60. The first-order valence-corrected chi connectivity index (χ1v) is 5.79. The number of nitrogens with zero attached hydrogens (tertiary/aromatic N) is 1. The molecule has 0 saturated carbocycles. The summed E-state index contributed by atoms with van der Waals surface area (Å²) in [6.07, 6.45) is -0.823. The van der Waals surface area contributed by atoms with E-state index in [2.05, 4.69) is 0 Å². The molecule has 9 nitrogen and oxygen atoms in total. The number of aliphatic carboxylic acids is 2. The summed E-state index contributed by atoms with van der Waals surface area (Å²) in [7, 11) is 0. The lowest BCUT2D eigenvalue weighted by atomic mass is 10.1. The largest absolute Gasteiger partial charge is 0.481 e. The number of nitro groups is 1. The van der Waals surface area contributed by atoms with E-state index >= 15 is 0 Å². The highest BCUT2D eigenvalue weighted by atomic mass is 35.5. The fraction of sp³-hybridized carbons (Fsp3) is 0.182. The molecule has 1 atom stereocenters. The molecule has 1 rings (SSSR count). The van der Waals surface area contributed by atoms with E-state index in [0.717, 1.165) is 18.2 Å². The molecule has 112 valence electrons. The number of amides is 1. The van der Waals surface area contributed by atoms with E-state index in [1.54, 1.807) is 0 Å². The third-order valence-electron chi connectivity index (χ3n) is 2.39. The number of carboxylic acids is 2. The number of halogens is 1. The molecule has 3 N–H and O–H groups in total. The van der Waals surface area contributed by atoms with E-state index in [0.29, 0.717) is 0 Å². The highest BCUT2D eigenvalue weighted by Gasteiger charge is 2.24. The van der Waals surface area contributed by atoms with Crippen molar-refractivity contribution in [1.82, 2.24) is 5.32 Å². The smallest absolute Gasteiger partial charge is 0.326 e. The van der Waals surface area contributed by atoms with Crippen molar-refractivity contribution in [2.75, 3.05) is 0 Å². The number of hydrogen-bond acceptors (Lipinski definition) is 5. The highest BCUT2D eigenvalue weighted by molar-refractivity contribution is 6.32. The number of carbonyl (C=O) groups is 3. The minimum atomic E-state index is -1.65. The molecule has 0 radical (unpaired) electrons. The number of rotatable bonds is 6. The van der Waals surface area contributed by atoms with E-state index in [1.807, 2.05) is 5.32 Å². The summed E-state index contributed by atoms with van der Waals surface area (Å²) in [6, 6.07) is 1.49. The second-order valence-electron chi connectivity index (χ2n) is 3.89. The number of carboxylic acid groups (broad SMARTS) is 2. The van der Waals surface area contributed by atoms with Crippen LogP contribution in [0.15, 0.2) is 18.2 Å². The average molecular weight is 317 g/mol. The first kappa shape index (κ1) is 16.4. The van der Waals surface area contributed by atoms with E-state index in [-0.39, 0.29) is 10.6 Å². The molecule has 0 bridgehead atoms. The summed E-state index contributed by atoms with van der Waals surface area (Å²) >= 11 is 5.58. The van der Waals surface area contributed by atoms with Gasteiger partial charge < -0.3 is 15.5 Å². The van der Waals surface area contributed by atoms with Gasteiger partial charge in [-0.2, -0.15) is 0 Å². The normalized spacial score (nSPS) is 11.5. The maximum atomic E-state index is 11.8. The molecular weight excluding hydrogens is 308 g/mol. The third-order valence-corrected chi connectivity index (χ3v) is 2.71. The Morgan fingerprint density at radius 3 is 2.43 bits per heavy atom. The Bertz CT molecular complexity index is 617. The van der Waals surface area contributed by atoms with Gasteiger partial charge in [0.1, 0.15) is 11.1 Å². The zero-order valence-corrected chi connectivity index (χ0v) is 11.0. The van der Waals surface area contributed by atoms with Gasteiger partial charge in [0.05, 0.1) is 11.3 Å². The molecule has 0 heterocycles. The summed E-state index contributed by atoms with van der Waals surface area (Å²) in [5, 5.41) is 29.8. The van der Waals surface area contributed by atoms with Crippen LogP contribution in [0.5, 0.6) is 0 Å². The van der Waals surface area contributed by atoms with Crippen molar-refractivity contribution in [1.29, 1.82) is 0 Å². The zero-order chi connectivity index (χ0) is 16.2.